The third-order valence-electron chi connectivity index (χ3n) is 3.09. The highest BCUT2D eigenvalue weighted by atomic mass is 15.1. The Morgan fingerprint density at radius 2 is 2.12 bits per heavy atom. The lowest BCUT2D eigenvalue weighted by Gasteiger charge is -2.25. The summed E-state index contributed by atoms with van der Waals surface area (Å²) >= 11 is 0. The van der Waals surface area contributed by atoms with Gasteiger partial charge in [-0.15, -0.1) is 0 Å². The minimum atomic E-state index is 0.781. The van der Waals surface area contributed by atoms with E-state index in [4.69, 9.17) is 5.73 Å². The molecule has 2 heteroatoms. The zero-order valence-corrected chi connectivity index (χ0v) is 10.2. The molecule has 1 aromatic carbocycles. The van der Waals surface area contributed by atoms with E-state index in [1.54, 1.807) is 0 Å². The van der Waals surface area contributed by atoms with E-state index in [2.05, 4.69) is 29.7 Å². The SMILES string of the molecule is C=C(C1=CC=CCC1)N(C)c1ccccc1N. The van der Waals surface area contributed by atoms with Gasteiger partial charge in [-0.3, -0.25) is 0 Å². The lowest BCUT2D eigenvalue weighted by atomic mass is 10.0. The lowest BCUT2D eigenvalue weighted by molar-refractivity contribution is 0.942. The minimum Gasteiger partial charge on any atom is -0.397 e. The second-order valence-electron chi connectivity index (χ2n) is 4.22. The molecular formula is C15H18N2. The molecule has 0 amide bonds. The predicted molar refractivity (Wildman–Crippen MR) is 74.9 cm³/mol. The van der Waals surface area contributed by atoms with Crippen molar-refractivity contribution in [1.29, 1.82) is 0 Å². The van der Waals surface area contributed by atoms with Gasteiger partial charge in [0, 0.05) is 12.7 Å². The molecule has 2 rings (SSSR count). The van der Waals surface area contributed by atoms with Crippen LogP contribution in [0.1, 0.15) is 12.8 Å². The first-order chi connectivity index (χ1) is 8.20. The molecule has 0 aromatic heterocycles. The van der Waals surface area contributed by atoms with Crippen LogP contribution in [-0.4, -0.2) is 7.05 Å². The Morgan fingerprint density at radius 1 is 1.35 bits per heavy atom. The van der Waals surface area contributed by atoms with E-state index < -0.39 is 0 Å². The molecular weight excluding hydrogens is 208 g/mol. The molecule has 0 saturated heterocycles. The molecule has 0 fully saturated rings. The van der Waals surface area contributed by atoms with Crippen molar-refractivity contribution in [1.82, 2.24) is 0 Å². The normalized spacial score (nSPS) is 14.3. The molecule has 0 radical (unpaired) electrons. The topological polar surface area (TPSA) is 29.3 Å². The maximum absolute atomic E-state index is 5.97. The standard InChI is InChI=1S/C15H18N2/c1-12(13-8-4-3-5-9-13)17(2)15-11-7-6-10-14(15)16/h3-4,6-8,10-11H,1,5,9,16H2,2H3. The van der Waals surface area contributed by atoms with Crippen LogP contribution in [0.15, 0.2) is 60.3 Å². The van der Waals surface area contributed by atoms with Crippen molar-refractivity contribution < 1.29 is 0 Å². The number of allylic oxidation sites excluding steroid dienone is 4. The Balaban J connectivity index is 2.23. The molecule has 0 atom stereocenters. The van der Waals surface area contributed by atoms with E-state index in [1.165, 1.54) is 5.57 Å². The summed E-state index contributed by atoms with van der Waals surface area (Å²) in [5, 5.41) is 0. The van der Waals surface area contributed by atoms with Crippen LogP contribution in [0.5, 0.6) is 0 Å². The van der Waals surface area contributed by atoms with E-state index in [0.717, 1.165) is 29.9 Å². The highest BCUT2D eigenvalue weighted by molar-refractivity contribution is 5.70. The summed E-state index contributed by atoms with van der Waals surface area (Å²) < 4.78 is 0. The molecule has 0 heterocycles. The molecule has 1 aliphatic carbocycles. The Bertz CT molecular complexity index is 483. The third-order valence-corrected chi connectivity index (χ3v) is 3.09. The molecule has 2 nitrogen and oxygen atoms in total. The molecule has 0 unspecified atom stereocenters. The highest BCUT2D eigenvalue weighted by Gasteiger charge is 2.12. The van der Waals surface area contributed by atoms with Crippen LogP contribution in [0.4, 0.5) is 11.4 Å². The second-order valence-corrected chi connectivity index (χ2v) is 4.22. The molecule has 2 N–H and O–H groups in total. The molecule has 1 aromatic rings. The first kappa shape index (κ1) is 11.5. The number of para-hydroxylation sites is 2. The van der Waals surface area contributed by atoms with Crippen molar-refractivity contribution in [2.45, 2.75) is 12.8 Å². The van der Waals surface area contributed by atoms with Crippen LogP contribution in [0.2, 0.25) is 0 Å². The summed E-state index contributed by atoms with van der Waals surface area (Å²) in [4.78, 5) is 2.06. The van der Waals surface area contributed by atoms with Gasteiger partial charge in [0.1, 0.15) is 0 Å². The smallest absolute Gasteiger partial charge is 0.0641 e. The van der Waals surface area contributed by atoms with Crippen molar-refractivity contribution in [3.8, 4) is 0 Å². The van der Waals surface area contributed by atoms with Crippen LogP contribution < -0.4 is 10.6 Å². The molecule has 1 aliphatic rings. The van der Waals surface area contributed by atoms with Crippen LogP contribution in [-0.2, 0) is 0 Å². The summed E-state index contributed by atoms with van der Waals surface area (Å²) in [6.07, 6.45) is 8.52. The van der Waals surface area contributed by atoms with Gasteiger partial charge in [-0.1, -0.05) is 36.9 Å². The molecule has 88 valence electrons. The average molecular weight is 226 g/mol. The van der Waals surface area contributed by atoms with E-state index in [0.29, 0.717) is 0 Å². The van der Waals surface area contributed by atoms with E-state index >= 15 is 0 Å². The fourth-order valence-electron chi connectivity index (χ4n) is 2.00. The van der Waals surface area contributed by atoms with Gasteiger partial charge in [0.05, 0.1) is 11.4 Å². The molecule has 17 heavy (non-hydrogen) atoms. The Morgan fingerprint density at radius 3 is 2.76 bits per heavy atom. The van der Waals surface area contributed by atoms with Gasteiger partial charge in [0.2, 0.25) is 0 Å². The molecule has 0 spiro atoms. The van der Waals surface area contributed by atoms with Crippen molar-refractivity contribution in [2.24, 2.45) is 0 Å². The van der Waals surface area contributed by atoms with Crippen LogP contribution in [0, 0.1) is 0 Å². The number of anilines is 2. The van der Waals surface area contributed by atoms with Gasteiger partial charge in [0.15, 0.2) is 0 Å². The largest absolute Gasteiger partial charge is 0.397 e. The number of benzene rings is 1. The fourth-order valence-corrected chi connectivity index (χ4v) is 2.00. The predicted octanol–water partition coefficient (Wildman–Crippen LogP) is 3.50. The molecule has 0 aliphatic heterocycles. The van der Waals surface area contributed by atoms with Crippen molar-refractivity contribution in [2.75, 3.05) is 17.7 Å². The van der Waals surface area contributed by atoms with E-state index in [-0.39, 0.29) is 0 Å². The summed E-state index contributed by atoms with van der Waals surface area (Å²) in [5.74, 6) is 0. The van der Waals surface area contributed by atoms with Crippen LogP contribution in [0.3, 0.4) is 0 Å². The number of nitrogen functional groups attached to an aromatic ring is 1. The number of rotatable bonds is 3. The first-order valence-electron chi connectivity index (χ1n) is 5.83. The monoisotopic (exact) mass is 226 g/mol. The zero-order chi connectivity index (χ0) is 12.3. The number of nitrogens with two attached hydrogens (primary N) is 1. The van der Waals surface area contributed by atoms with E-state index in [9.17, 15) is 0 Å². The maximum Gasteiger partial charge on any atom is 0.0641 e. The molecule has 0 saturated carbocycles. The van der Waals surface area contributed by atoms with Gasteiger partial charge in [-0.2, -0.15) is 0 Å². The van der Waals surface area contributed by atoms with Gasteiger partial charge < -0.3 is 10.6 Å². The number of hydrogen-bond acceptors (Lipinski definition) is 2. The number of hydrogen-bond donors (Lipinski definition) is 1. The lowest BCUT2D eigenvalue weighted by Crippen LogP contribution is -2.18. The Kier molecular flexibility index (Phi) is 3.33. The number of likely N-dealkylation sites (N-methyl/N-ethyl adjacent to an activating group) is 1. The Labute approximate surface area is 103 Å². The first-order valence-corrected chi connectivity index (χ1v) is 5.83. The number of nitrogens with zero attached hydrogens (tertiary/aromatic N) is 1. The van der Waals surface area contributed by atoms with Gasteiger partial charge in [-0.05, 0) is 30.5 Å². The van der Waals surface area contributed by atoms with Crippen LogP contribution >= 0.6 is 0 Å². The summed E-state index contributed by atoms with van der Waals surface area (Å²) in [7, 11) is 2.01. The van der Waals surface area contributed by atoms with Crippen molar-refractivity contribution >= 4 is 11.4 Å². The third kappa shape index (κ3) is 2.41. The fraction of sp³-hybridized carbons (Fsp3) is 0.200. The summed E-state index contributed by atoms with van der Waals surface area (Å²) in [6, 6.07) is 7.86. The Hall–Kier alpha value is -1.96. The maximum atomic E-state index is 5.97. The zero-order valence-electron chi connectivity index (χ0n) is 10.2. The van der Waals surface area contributed by atoms with Crippen LogP contribution in [0.25, 0.3) is 0 Å². The highest BCUT2D eigenvalue weighted by Crippen LogP contribution is 2.29. The average Bonchev–Trinajstić information content (AvgIpc) is 2.39. The van der Waals surface area contributed by atoms with Crippen molar-refractivity contribution in [3.63, 3.8) is 0 Å². The molecule has 0 bridgehead atoms. The summed E-state index contributed by atoms with van der Waals surface area (Å²) in [6.45, 7) is 4.16. The van der Waals surface area contributed by atoms with Gasteiger partial charge >= 0.3 is 0 Å². The van der Waals surface area contributed by atoms with Gasteiger partial charge in [0.25, 0.3) is 0 Å². The van der Waals surface area contributed by atoms with E-state index in [1.807, 2.05) is 31.3 Å². The summed E-state index contributed by atoms with van der Waals surface area (Å²) in [5.41, 5.74) is 10.1. The van der Waals surface area contributed by atoms with Gasteiger partial charge in [-0.25, -0.2) is 0 Å². The second kappa shape index (κ2) is 4.91. The minimum absolute atomic E-state index is 0.781. The van der Waals surface area contributed by atoms with Crippen molar-refractivity contribution in [3.05, 3.63) is 60.3 Å². The quantitative estimate of drug-likeness (QED) is 0.799.